The van der Waals surface area contributed by atoms with Gasteiger partial charge in [-0.3, -0.25) is 4.90 Å². The normalized spacial score (nSPS) is 20.4. The van der Waals surface area contributed by atoms with Crippen LogP contribution in [0.1, 0.15) is 24.0 Å². The van der Waals surface area contributed by atoms with Crippen molar-refractivity contribution in [2.24, 2.45) is 0 Å². The highest BCUT2D eigenvalue weighted by molar-refractivity contribution is 5.46. The molecule has 0 amide bonds. The molecule has 21 heavy (non-hydrogen) atoms. The number of benzene rings is 1. The number of rotatable bonds is 4. The average molecular weight is 301 g/mol. The lowest BCUT2D eigenvalue weighted by atomic mass is 10.0. The van der Waals surface area contributed by atoms with Crippen LogP contribution in [0.25, 0.3) is 0 Å². The van der Waals surface area contributed by atoms with Crippen molar-refractivity contribution in [3.05, 3.63) is 29.3 Å². The summed E-state index contributed by atoms with van der Waals surface area (Å²) in [4.78, 5) is 4.22. The molecule has 1 atom stereocenters. The summed E-state index contributed by atoms with van der Waals surface area (Å²) in [5.41, 5.74) is 5.35. The predicted octanol–water partition coefficient (Wildman–Crippen LogP) is 2.81. The van der Waals surface area contributed by atoms with Crippen LogP contribution < -0.4 is 5.73 Å². The molecule has 1 aliphatic rings. The Morgan fingerprint density at radius 1 is 1.33 bits per heavy atom. The van der Waals surface area contributed by atoms with E-state index in [1.807, 2.05) is 14.1 Å². The van der Waals surface area contributed by atoms with Gasteiger partial charge in [-0.15, -0.1) is 0 Å². The van der Waals surface area contributed by atoms with E-state index in [2.05, 4.69) is 9.80 Å². The van der Waals surface area contributed by atoms with Gasteiger partial charge in [0, 0.05) is 24.8 Å². The number of nitrogens with zero attached hydrogens (tertiary/aromatic N) is 2. The first-order chi connectivity index (χ1) is 9.77. The van der Waals surface area contributed by atoms with Crippen LogP contribution in [-0.4, -0.2) is 43.0 Å². The predicted molar refractivity (Wildman–Crippen MR) is 77.8 cm³/mol. The number of hydrogen-bond acceptors (Lipinski definition) is 3. The van der Waals surface area contributed by atoms with Gasteiger partial charge in [0.05, 0.1) is 5.56 Å². The third-order valence-electron chi connectivity index (χ3n) is 3.89. The van der Waals surface area contributed by atoms with E-state index in [0.29, 0.717) is 18.2 Å². The summed E-state index contributed by atoms with van der Waals surface area (Å²) in [5, 5.41) is 0. The smallest absolute Gasteiger partial charge is 0.399 e. The van der Waals surface area contributed by atoms with E-state index in [0.717, 1.165) is 32.0 Å². The Morgan fingerprint density at radius 3 is 2.67 bits per heavy atom. The maximum Gasteiger partial charge on any atom is 0.416 e. The van der Waals surface area contributed by atoms with Gasteiger partial charge in [-0.2, -0.15) is 13.2 Å². The molecular weight excluding hydrogens is 279 g/mol. The van der Waals surface area contributed by atoms with Crippen molar-refractivity contribution < 1.29 is 13.2 Å². The maximum absolute atomic E-state index is 13.1. The SMILES string of the molecule is CN(C)CC1CCCN1Cc1ccc(N)cc1C(F)(F)F. The van der Waals surface area contributed by atoms with E-state index >= 15 is 0 Å². The van der Waals surface area contributed by atoms with Crippen molar-refractivity contribution in [3.63, 3.8) is 0 Å². The third-order valence-corrected chi connectivity index (χ3v) is 3.89. The minimum atomic E-state index is -4.36. The molecule has 0 saturated carbocycles. The van der Waals surface area contributed by atoms with E-state index in [4.69, 9.17) is 5.73 Å². The van der Waals surface area contributed by atoms with Crippen LogP contribution in [0.15, 0.2) is 18.2 Å². The fourth-order valence-corrected chi connectivity index (χ4v) is 2.95. The lowest BCUT2D eigenvalue weighted by Gasteiger charge is -2.28. The lowest BCUT2D eigenvalue weighted by Crippen LogP contribution is -2.37. The first-order valence-corrected chi connectivity index (χ1v) is 7.12. The molecule has 1 fully saturated rings. The summed E-state index contributed by atoms with van der Waals surface area (Å²) in [7, 11) is 3.97. The summed E-state index contributed by atoms with van der Waals surface area (Å²) in [6.45, 7) is 2.05. The summed E-state index contributed by atoms with van der Waals surface area (Å²) >= 11 is 0. The minimum Gasteiger partial charge on any atom is -0.399 e. The summed E-state index contributed by atoms with van der Waals surface area (Å²) in [6.07, 6.45) is -2.29. The molecule has 1 aliphatic heterocycles. The van der Waals surface area contributed by atoms with Gasteiger partial charge < -0.3 is 10.6 Å². The Morgan fingerprint density at radius 2 is 2.05 bits per heavy atom. The third kappa shape index (κ3) is 4.11. The van der Waals surface area contributed by atoms with Crippen LogP contribution in [0, 0.1) is 0 Å². The molecule has 0 aromatic heterocycles. The van der Waals surface area contributed by atoms with Crippen molar-refractivity contribution in [2.45, 2.75) is 31.6 Å². The second kappa shape index (κ2) is 6.23. The number of alkyl halides is 3. The van der Waals surface area contributed by atoms with Crippen LogP contribution in [-0.2, 0) is 12.7 Å². The van der Waals surface area contributed by atoms with E-state index < -0.39 is 11.7 Å². The van der Waals surface area contributed by atoms with Crippen molar-refractivity contribution in [1.82, 2.24) is 9.80 Å². The quantitative estimate of drug-likeness (QED) is 0.868. The van der Waals surface area contributed by atoms with Crippen LogP contribution in [0.3, 0.4) is 0 Å². The number of hydrogen-bond donors (Lipinski definition) is 1. The summed E-state index contributed by atoms with van der Waals surface area (Å²) in [5.74, 6) is 0. The molecule has 3 nitrogen and oxygen atoms in total. The molecule has 2 rings (SSSR count). The van der Waals surface area contributed by atoms with Crippen LogP contribution in [0.5, 0.6) is 0 Å². The van der Waals surface area contributed by atoms with Crippen LogP contribution in [0.4, 0.5) is 18.9 Å². The standard InChI is InChI=1S/C15H22F3N3/c1-20(2)10-13-4-3-7-21(13)9-11-5-6-12(19)8-14(11)15(16,17)18/h5-6,8,13H,3-4,7,9-10,19H2,1-2H3. The Hall–Kier alpha value is -1.27. The zero-order valence-electron chi connectivity index (χ0n) is 12.5. The van der Waals surface area contributed by atoms with Crippen molar-refractivity contribution >= 4 is 5.69 Å². The maximum atomic E-state index is 13.1. The van der Waals surface area contributed by atoms with Gasteiger partial charge in [-0.05, 0) is 51.2 Å². The molecule has 0 bridgehead atoms. The zero-order chi connectivity index (χ0) is 15.6. The van der Waals surface area contributed by atoms with E-state index in [1.165, 1.54) is 6.07 Å². The highest BCUT2D eigenvalue weighted by Gasteiger charge is 2.35. The molecule has 2 N–H and O–H groups in total. The van der Waals surface area contributed by atoms with E-state index in [9.17, 15) is 13.2 Å². The van der Waals surface area contributed by atoms with Gasteiger partial charge in [0.2, 0.25) is 0 Å². The monoisotopic (exact) mass is 301 g/mol. The first-order valence-electron chi connectivity index (χ1n) is 7.12. The summed E-state index contributed by atoms with van der Waals surface area (Å²) < 4.78 is 39.4. The van der Waals surface area contributed by atoms with Gasteiger partial charge in [0.1, 0.15) is 0 Å². The average Bonchev–Trinajstić information content (AvgIpc) is 2.77. The highest BCUT2D eigenvalue weighted by Crippen LogP contribution is 2.34. The molecule has 1 heterocycles. The van der Waals surface area contributed by atoms with E-state index in [-0.39, 0.29) is 5.69 Å². The van der Waals surface area contributed by atoms with Gasteiger partial charge in [-0.1, -0.05) is 6.07 Å². The zero-order valence-corrected chi connectivity index (χ0v) is 12.5. The van der Waals surface area contributed by atoms with Gasteiger partial charge in [0.25, 0.3) is 0 Å². The molecular formula is C15H22F3N3. The van der Waals surface area contributed by atoms with Gasteiger partial charge in [0.15, 0.2) is 0 Å². The Bertz CT molecular complexity index is 486. The first kappa shape index (κ1) is 16.1. The molecule has 0 spiro atoms. The number of anilines is 1. The van der Waals surface area contributed by atoms with Gasteiger partial charge in [-0.25, -0.2) is 0 Å². The van der Waals surface area contributed by atoms with Crippen molar-refractivity contribution in [3.8, 4) is 0 Å². The number of likely N-dealkylation sites (tertiary alicyclic amines) is 1. The van der Waals surface area contributed by atoms with Crippen molar-refractivity contribution in [1.29, 1.82) is 0 Å². The number of nitrogens with two attached hydrogens (primary N) is 1. The lowest BCUT2D eigenvalue weighted by molar-refractivity contribution is -0.138. The molecule has 118 valence electrons. The molecule has 1 unspecified atom stereocenters. The summed E-state index contributed by atoms with van der Waals surface area (Å²) in [6, 6.07) is 4.40. The molecule has 1 aromatic carbocycles. The number of nitrogen functional groups attached to an aromatic ring is 1. The number of halogens is 3. The highest BCUT2D eigenvalue weighted by atomic mass is 19.4. The fraction of sp³-hybridized carbons (Fsp3) is 0.600. The van der Waals surface area contributed by atoms with Crippen LogP contribution in [0.2, 0.25) is 0 Å². The Kier molecular flexibility index (Phi) is 4.78. The van der Waals surface area contributed by atoms with E-state index in [1.54, 1.807) is 6.07 Å². The number of likely N-dealkylation sites (N-methyl/N-ethyl adjacent to an activating group) is 1. The van der Waals surface area contributed by atoms with Crippen molar-refractivity contribution in [2.75, 3.05) is 32.9 Å². The van der Waals surface area contributed by atoms with Gasteiger partial charge >= 0.3 is 6.18 Å². The second-order valence-electron chi connectivity index (χ2n) is 5.94. The largest absolute Gasteiger partial charge is 0.416 e. The molecule has 1 aromatic rings. The molecule has 1 saturated heterocycles. The second-order valence-corrected chi connectivity index (χ2v) is 5.94. The Labute approximate surface area is 123 Å². The Balaban J connectivity index is 2.19. The molecule has 0 aliphatic carbocycles. The van der Waals surface area contributed by atoms with Crippen LogP contribution >= 0.6 is 0 Å². The fourth-order valence-electron chi connectivity index (χ4n) is 2.95. The topological polar surface area (TPSA) is 32.5 Å². The minimum absolute atomic E-state index is 0.150. The molecule has 0 radical (unpaired) electrons. The molecule has 6 heteroatoms.